The smallest absolute Gasteiger partial charge is 0.261 e. The standard InChI is InChI=1S/C23H27BrCl2N2O3/c1-4-15(3)27-23(30)20(5-2)28(13-16-6-9-18(25)10-7-16)22(29)14-31-21-11-8-17(24)12-19(21)26/h6-12,15,20H,4-5,13-14H2,1-3H3,(H,27,30). The first-order valence-corrected chi connectivity index (χ1v) is 11.7. The van der Waals surface area contributed by atoms with E-state index in [2.05, 4.69) is 21.2 Å². The summed E-state index contributed by atoms with van der Waals surface area (Å²) in [6, 6.07) is 11.8. The molecule has 0 saturated heterocycles. The molecule has 2 aromatic carbocycles. The minimum absolute atomic E-state index is 0.0202. The summed E-state index contributed by atoms with van der Waals surface area (Å²) < 4.78 is 6.48. The summed E-state index contributed by atoms with van der Waals surface area (Å²) in [6.07, 6.45) is 1.28. The maximum absolute atomic E-state index is 13.2. The molecule has 0 heterocycles. The molecule has 0 bridgehead atoms. The third-order valence-corrected chi connectivity index (χ3v) is 5.94. The zero-order chi connectivity index (χ0) is 23.0. The Morgan fingerprint density at radius 3 is 2.35 bits per heavy atom. The lowest BCUT2D eigenvalue weighted by atomic mass is 10.1. The second-order valence-electron chi connectivity index (χ2n) is 7.25. The summed E-state index contributed by atoms with van der Waals surface area (Å²) in [6.45, 7) is 5.85. The van der Waals surface area contributed by atoms with Crippen LogP contribution in [0.1, 0.15) is 39.2 Å². The summed E-state index contributed by atoms with van der Waals surface area (Å²) in [5, 5.41) is 3.98. The van der Waals surface area contributed by atoms with Gasteiger partial charge in [-0.25, -0.2) is 0 Å². The SMILES string of the molecule is CCC(C)NC(=O)C(CC)N(Cc1ccc(Cl)cc1)C(=O)COc1ccc(Br)cc1Cl. The van der Waals surface area contributed by atoms with Gasteiger partial charge >= 0.3 is 0 Å². The molecular formula is C23H27BrCl2N2O3. The van der Waals surface area contributed by atoms with Gasteiger partial charge in [0.2, 0.25) is 5.91 Å². The second-order valence-corrected chi connectivity index (χ2v) is 9.01. The molecule has 0 spiro atoms. The van der Waals surface area contributed by atoms with Crippen LogP contribution in [0, 0.1) is 0 Å². The van der Waals surface area contributed by atoms with Gasteiger partial charge in [-0.2, -0.15) is 0 Å². The number of hydrogen-bond donors (Lipinski definition) is 1. The zero-order valence-corrected chi connectivity index (χ0v) is 20.9. The highest BCUT2D eigenvalue weighted by atomic mass is 79.9. The van der Waals surface area contributed by atoms with Crippen molar-refractivity contribution < 1.29 is 14.3 Å². The molecule has 1 N–H and O–H groups in total. The fourth-order valence-corrected chi connectivity index (χ4v) is 3.82. The largest absolute Gasteiger partial charge is 0.482 e. The number of benzene rings is 2. The van der Waals surface area contributed by atoms with Crippen LogP contribution in [0.25, 0.3) is 0 Å². The van der Waals surface area contributed by atoms with Crippen LogP contribution < -0.4 is 10.1 Å². The molecule has 2 rings (SSSR count). The van der Waals surface area contributed by atoms with Gasteiger partial charge in [0, 0.05) is 22.1 Å². The monoisotopic (exact) mass is 528 g/mol. The van der Waals surface area contributed by atoms with E-state index >= 15 is 0 Å². The van der Waals surface area contributed by atoms with E-state index in [1.807, 2.05) is 32.9 Å². The van der Waals surface area contributed by atoms with Crippen molar-refractivity contribution in [3.63, 3.8) is 0 Å². The predicted octanol–water partition coefficient (Wildman–Crippen LogP) is 5.86. The molecule has 0 saturated carbocycles. The van der Waals surface area contributed by atoms with E-state index in [0.29, 0.717) is 22.2 Å². The zero-order valence-electron chi connectivity index (χ0n) is 17.8. The van der Waals surface area contributed by atoms with E-state index in [-0.39, 0.29) is 31.0 Å². The summed E-state index contributed by atoms with van der Waals surface area (Å²) in [4.78, 5) is 27.6. The van der Waals surface area contributed by atoms with Gasteiger partial charge in [0.05, 0.1) is 5.02 Å². The van der Waals surface area contributed by atoms with Gasteiger partial charge in [-0.1, -0.05) is 65.1 Å². The van der Waals surface area contributed by atoms with E-state index < -0.39 is 6.04 Å². The molecule has 8 heteroatoms. The molecule has 0 aliphatic heterocycles. The molecule has 2 atom stereocenters. The average Bonchev–Trinajstić information content (AvgIpc) is 2.74. The Kier molecular flexibility index (Phi) is 10.1. The molecule has 0 aliphatic rings. The Balaban J connectivity index is 2.22. The minimum atomic E-state index is -0.624. The Morgan fingerprint density at radius 1 is 1.10 bits per heavy atom. The first kappa shape index (κ1) is 25.5. The Hall–Kier alpha value is -1.76. The van der Waals surface area contributed by atoms with Crippen molar-refractivity contribution in [3.8, 4) is 5.75 Å². The van der Waals surface area contributed by atoms with E-state index in [1.54, 1.807) is 35.2 Å². The number of rotatable bonds is 10. The second kappa shape index (κ2) is 12.3. The average molecular weight is 530 g/mol. The van der Waals surface area contributed by atoms with Gasteiger partial charge in [-0.05, 0) is 55.7 Å². The highest BCUT2D eigenvalue weighted by molar-refractivity contribution is 9.10. The van der Waals surface area contributed by atoms with Crippen LogP contribution in [0.3, 0.4) is 0 Å². The van der Waals surface area contributed by atoms with Crippen LogP contribution in [0.15, 0.2) is 46.9 Å². The molecule has 0 aromatic heterocycles. The van der Waals surface area contributed by atoms with Crippen molar-refractivity contribution in [2.24, 2.45) is 0 Å². The van der Waals surface area contributed by atoms with E-state index in [4.69, 9.17) is 27.9 Å². The van der Waals surface area contributed by atoms with Crippen molar-refractivity contribution in [2.45, 2.75) is 52.2 Å². The number of nitrogens with one attached hydrogen (secondary N) is 1. The van der Waals surface area contributed by atoms with E-state index in [1.165, 1.54) is 0 Å². The maximum Gasteiger partial charge on any atom is 0.261 e. The Morgan fingerprint density at radius 2 is 1.77 bits per heavy atom. The number of nitrogens with zero attached hydrogens (tertiary/aromatic N) is 1. The summed E-state index contributed by atoms with van der Waals surface area (Å²) in [5.74, 6) is -0.0808. The first-order valence-electron chi connectivity index (χ1n) is 10.2. The number of ether oxygens (including phenoxy) is 1. The van der Waals surface area contributed by atoms with Crippen molar-refractivity contribution in [3.05, 3.63) is 62.5 Å². The fraction of sp³-hybridized carbons (Fsp3) is 0.391. The van der Waals surface area contributed by atoms with Crippen molar-refractivity contribution in [1.29, 1.82) is 0 Å². The van der Waals surface area contributed by atoms with Crippen LogP contribution in [0.4, 0.5) is 0 Å². The van der Waals surface area contributed by atoms with Crippen LogP contribution in [-0.2, 0) is 16.1 Å². The number of amides is 2. The van der Waals surface area contributed by atoms with E-state index in [0.717, 1.165) is 16.5 Å². The van der Waals surface area contributed by atoms with Crippen LogP contribution >= 0.6 is 39.1 Å². The number of hydrogen-bond acceptors (Lipinski definition) is 3. The molecule has 0 fully saturated rings. The van der Waals surface area contributed by atoms with Gasteiger partial charge < -0.3 is 15.0 Å². The molecule has 2 aromatic rings. The molecule has 168 valence electrons. The highest BCUT2D eigenvalue weighted by Gasteiger charge is 2.29. The fourth-order valence-electron chi connectivity index (χ4n) is 2.96. The van der Waals surface area contributed by atoms with Crippen LogP contribution in [0.5, 0.6) is 5.75 Å². The molecule has 0 radical (unpaired) electrons. The number of carbonyl (C=O) groups excluding carboxylic acids is 2. The predicted molar refractivity (Wildman–Crippen MR) is 129 cm³/mol. The minimum Gasteiger partial charge on any atom is -0.482 e. The van der Waals surface area contributed by atoms with Crippen molar-refractivity contribution in [2.75, 3.05) is 6.61 Å². The van der Waals surface area contributed by atoms with Gasteiger partial charge in [0.25, 0.3) is 5.91 Å². The topological polar surface area (TPSA) is 58.6 Å². The van der Waals surface area contributed by atoms with E-state index in [9.17, 15) is 9.59 Å². The summed E-state index contributed by atoms with van der Waals surface area (Å²) in [7, 11) is 0. The van der Waals surface area contributed by atoms with Gasteiger partial charge in [0.1, 0.15) is 11.8 Å². The first-order chi connectivity index (χ1) is 14.7. The van der Waals surface area contributed by atoms with Gasteiger partial charge in [-0.15, -0.1) is 0 Å². The maximum atomic E-state index is 13.2. The molecule has 31 heavy (non-hydrogen) atoms. The molecule has 2 unspecified atom stereocenters. The highest BCUT2D eigenvalue weighted by Crippen LogP contribution is 2.28. The lowest BCUT2D eigenvalue weighted by Gasteiger charge is -2.31. The molecule has 2 amide bonds. The molecular weight excluding hydrogens is 503 g/mol. The summed E-state index contributed by atoms with van der Waals surface area (Å²) >= 11 is 15.5. The molecule has 0 aliphatic carbocycles. The Bertz CT molecular complexity index is 893. The van der Waals surface area contributed by atoms with Crippen LogP contribution in [0.2, 0.25) is 10.0 Å². The van der Waals surface area contributed by atoms with Crippen molar-refractivity contribution >= 4 is 50.9 Å². The Labute approximate surface area is 202 Å². The third kappa shape index (κ3) is 7.70. The van der Waals surface area contributed by atoms with Gasteiger partial charge in [-0.3, -0.25) is 9.59 Å². The third-order valence-electron chi connectivity index (χ3n) is 4.90. The quantitative estimate of drug-likeness (QED) is 0.419. The number of halogens is 3. The lowest BCUT2D eigenvalue weighted by Crippen LogP contribution is -2.51. The number of carbonyl (C=O) groups is 2. The van der Waals surface area contributed by atoms with Crippen LogP contribution in [-0.4, -0.2) is 35.4 Å². The lowest BCUT2D eigenvalue weighted by molar-refractivity contribution is -0.143. The van der Waals surface area contributed by atoms with Crippen molar-refractivity contribution in [1.82, 2.24) is 10.2 Å². The summed E-state index contributed by atoms with van der Waals surface area (Å²) in [5.41, 5.74) is 0.870. The molecule has 5 nitrogen and oxygen atoms in total. The van der Waals surface area contributed by atoms with Gasteiger partial charge in [0.15, 0.2) is 6.61 Å². The normalized spacial score (nSPS) is 12.7.